The van der Waals surface area contributed by atoms with Gasteiger partial charge in [-0.05, 0) is 17.5 Å². The minimum Gasteiger partial charge on any atom is -0.313 e. The van der Waals surface area contributed by atoms with E-state index in [1.165, 1.54) is 5.56 Å². The highest BCUT2D eigenvalue weighted by molar-refractivity contribution is 7.87. The summed E-state index contributed by atoms with van der Waals surface area (Å²) in [6, 6.07) is 8.07. The van der Waals surface area contributed by atoms with E-state index in [1.54, 1.807) is 11.2 Å². The number of hydrogen-bond acceptors (Lipinski definition) is 3. The molecule has 1 unspecified atom stereocenters. The molecule has 1 saturated heterocycles. The van der Waals surface area contributed by atoms with Crippen molar-refractivity contribution < 1.29 is 8.42 Å². The van der Waals surface area contributed by atoms with Gasteiger partial charge >= 0.3 is 0 Å². The Labute approximate surface area is 133 Å². The number of nitrogens with zero attached hydrogens (tertiary/aromatic N) is 1. The zero-order valence-corrected chi connectivity index (χ0v) is 14.1. The highest BCUT2D eigenvalue weighted by Gasteiger charge is 2.32. The summed E-state index contributed by atoms with van der Waals surface area (Å²) in [5, 5.41) is 3.27. The number of benzene rings is 1. The number of aryl methyl sites for hydroxylation is 1. The summed E-state index contributed by atoms with van der Waals surface area (Å²) in [5.41, 5.74) is 2.30. The quantitative estimate of drug-likeness (QED) is 0.858. The predicted octanol–water partition coefficient (Wildman–Crippen LogP) is 1.47. The lowest BCUT2D eigenvalue weighted by molar-refractivity contribution is 0.268. The van der Waals surface area contributed by atoms with E-state index in [9.17, 15) is 8.42 Å². The summed E-state index contributed by atoms with van der Waals surface area (Å²) < 4.78 is 28.7. The van der Waals surface area contributed by atoms with Crippen LogP contribution in [0.25, 0.3) is 0 Å². The molecule has 0 spiro atoms. The molecule has 7 heteroatoms. The van der Waals surface area contributed by atoms with Gasteiger partial charge in [0.1, 0.15) is 0 Å². The van der Waals surface area contributed by atoms with Crippen LogP contribution in [0.15, 0.2) is 24.3 Å². The molecule has 1 aromatic carbocycles. The Morgan fingerprint density at radius 2 is 1.95 bits per heavy atom. The van der Waals surface area contributed by atoms with E-state index in [2.05, 4.69) is 29.1 Å². The third kappa shape index (κ3) is 4.40. The van der Waals surface area contributed by atoms with Gasteiger partial charge in [-0.15, -0.1) is 12.4 Å². The Balaban J connectivity index is 0.00000220. The molecule has 1 fully saturated rings. The molecule has 1 aromatic rings. The van der Waals surface area contributed by atoms with Gasteiger partial charge in [-0.25, -0.2) is 4.72 Å². The van der Waals surface area contributed by atoms with Crippen LogP contribution in [0.5, 0.6) is 0 Å². The van der Waals surface area contributed by atoms with Gasteiger partial charge in [-0.1, -0.05) is 38.1 Å². The Morgan fingerprint density at radius 3 is 2.52 bits per heavy atom. The van der Waals surface area contributed by atoms with Crippen molar-refractivity contribution in [2.24, 2.45) is 0 Å². The minimum absolute atomic E-state index is 0. The van der Waals surface area contributed by atoms with Crippen molar-refractivity contribution in [1.29, 1.82) is 0 Å². The second-order valence-corrected chi connectivity index (χ2v) is 6.64. The predicted molar refractivity (Wildman–Crippen MR) is 88.0 cm³/mol. The van der Waals surface area contributed by atoms with E-state index in [1.807, 2.05) is 12.1 Å². The third-order valence-corrected chi connectivity index (χ3v) is 5.31. The van der Waals surface area contributed by atoms with Crippen LogP contribution in [0, 0.1) is 0 Å². The summed E-state index contributed by atoms with van der Waals surface area (Å²) in [6.07, 6.45) is 0.989. The molecule has 21 heavy (non-hydrogen) atoms. The molecule has 120 valence electrons. The Kier molecular flexibility index (Phi) is 7.09. The lowest BCUT2D eigenvalue weighted by atomic mass is 10.0. The maximum Gasteiger partial charge on any atom is 0.280 e. The fourth-order valence-corrected chi connectivity index (χ4v) is 3.89. The highest BCUT2D eigenvalue weighted by atomic mass is 35.5. The first-order chi connectivity index (χ1) is 9.58. The third-order valence-electron chi connectivity index (χ3n) is 3.60. The molecule has 1 aliphatic heterocycles. The highest BCUT2D eigenvalue weighted by Crippen LogP contribution is 2.24. The van der Waals surface area contributed by atoms with Crippen LogP contribution in [0.1, 0.15) is 31.0 Å². The summed E-state index contributed by atoms with van der Waals surface area (Å²) in [7, 11) is -3.40. The first-order valence-electron chi connectivity index (χ1n) is 7.14. The van der Waals surface area contributed by atoms with E-state index >= 15 is 0 Å². The fraction of sp³-hybridized carbons (Fsp3) is 0.571. The lowest BCUT2D eigenvalue weighted by Gasteiger charge is -2.35. The SMILES string of the molecule is CCNS(=O)(=O)N1CCNCC1c1ccc(CC)cc1.Cl. The molecule has 0 amide bonds. The van der Waals surface area contributed by atoms with Gasteiger partial charge in [0.15, 0.2) is 0 Å². The molecule has 0 aliphatic carbocycles. The molecule has 0 radical (unpaired) electrons. The molecule has 5 nitrogen and oxygen atoms in total. The average molecular weight is 334 g/mol. The van der Waals surface area contributed by atoms with Crippen molar-refractivity contribution in [3.63, 3.8) is 0 Å². The topological polar surface area (TPSA) is 61.4 Å². The van der Waals surface area contributed by atoms with Crippen molar-refractivity contribution >= 4 is 22.6 Å². The van der Waals surface area contributed by atoms with Gasteiger partial charge in [0.2, 0.25) is 0 Å². The van der Waals surface area contributed by atoms with E-state index in [0.29, 0.717) is 26.2 Å². The maximum absolute atomic E-state index is 12.3. The molecule has 0 bridgehead atoms. The molecule has 1 atom stereocenters. The molecule has 0 saturated carbocycles. The summed E-state index contributed by atoms with van der Waals surface area (Å²) in [6.45, 7) is 6.15. The molecular formula is C14H24ClN3O2S. The number of piperazine rings is 1. The Morgan fingerprint density at radius 1 is 1.29 bits per heavy atom. The van der Waals surface area contributed by atoms with Gasteiger partial charge in [0, 0.05) is 26.2 Å². The molecule has 0 aromatic heterocycles. The number of halogens is 1. The molecular weight excluding hydrogens is 310 g/mol. The lowest BCUT2D eigenvalue weighted by Crippen LogP contribution is -2.52. The zero-order chi connectivity index (χ0) is 14.6. The molecule has 2 rings (SSSR count). The van der Waals surface area contributed by atoms with Crippen molar-refractivity contribution in [3.05, 3.63) is 35.4 Å². The Bertz CT molecular complexity index is 534. The van der Waals surface area contributed by atoms with Crippen LogP contribution in [0.2, 0.25) is 0 Å². The normalized spacial score (nSPS) is 20.0. The average Bonchev–Trinajstić information content (AvgIpc) is 2.47. The summed E-state index contributed by atoms with van der Waals surface area (Å²) >= 11 is 0. The minimum atomic E-state index is -3.40. The van der Waals surface area contributed by atoms with Crippen molar-refractivity contribution in [3.8, 4) is 0 Å². The second kappa shape index (κ2) is 8.10. The maximum atomic E-state index is 12.3. The number of hydrogen-bond donors (Lipinski definition) is 2. The van der Waals surface area contributed by atoms with Crippen LogP contribution >= 0.6 is 12.4 Å². The number of nitrogens with one attached hydrogen (secondary N) is 2. The Hall–Kier alpha value is -0.660. The van der Waals surface area contributed by atoms with Gasteiger partial charge in [-0.3, -0.25) is 0 Å². The summed E-state index contributed by atoms with van der Waals surface area (Å²) in [4.78, 5) is 0. The zero-order valence-electron chi connectivity index (χ0n) is 12.5. The van der Waals surface area contributed by atoms with Gasteiger partial charge in [-0.2, -0.15) is 12.7 Å². The first-order valence-corrected chi connectivity index (χ1v) is 8.58. The standard InChI is InChI=1S/C14H23N3O2S.ClH/c1-3-12-5-7-13(8-6-12)14-11-15-9-10-17(14)20(18,19)16-4-2;/h5-8,14-16H,3-4,9-11H2,1-2H3;1H. The first kappa shape index (κ1) is 18.4. The van der Waals surface area contributed by atoms with Crippen LogP contribution in [-0.4, -0.2) is 38.9 Å². The van der Waals surface area contributed by atoms with Crippen molar-refractivity contribution in [2.75, 3.05) is 26.2 Å². The molecule has 2 N–H and O–H groups in total. The van der Waals surface area contributed by atoms with E-state index in [0.717, 1.165) is 12.0 Å². The monoisotopic (exact) mass is 333 g/mol. The van der Waals surface area contributed by atoms with Crippen LogP contribution < -0.4 is 10.0 Å². The van der Waals surface area contributed by atoms with E-state index in [4.69, 9.17) is 0 Å². The van der Waals surface area contributed by atoms with Crippen LogP contribution in [-0.2, 0) is 16.6 Å². The largest absolute Gasteiger partial charge is 0.313 e. The summed E-state index contributed by atoms with van der Waals surface area (Å²) in [5.74, 6) is 0. The fourth-order valence-electron chi connectivity index (χ4n) is 2.50. The smallest absolute Gasteiger partial charge is 0.280 e. The van der Waals surface area contributed by atoms with Gasteiger partial charge in [0.05, 0.1) is 6.04 Å². The van der Waals surface area contributed by atoms with E-state index in [-0.39, 0.29) is 18.4 Å². The van der Waals surface area contributed by atoms with Crippen LogP contribution in [0.3, 0.4) is 0 Å². The molecule has 1 heterocycles. The van der Waals surface area contributed by atoms with Gasteiger partial charge < -0.3 is 5.32 Å². The van der Waals surface area contributed by atoms with Crippen LogP contribution in [0.4, 0.5) is 0 Å². The number of rotatable bonds is 5. The van der Waals surface area contributed by atoms with Crippen molar-refractivity contribution in [2.45, 2.75) is 26.3 Å². The second-order valence-electron chi connectivity index (χ2n) is 4.93. The molecule has 1 aliphatic rings. The van der Waals surface area contributed by atoms with Crippen molar-refractivity contribution in [1.82, 2.24) is 14.3 Å². The van der Waals surface area contributed by atoms with Gasteiger partial charge in [0.25, 0.3) is 10.2 Å². The van der Waals surface area contributed by atoms with E-state index < -0.39 is 10.2 Å².